The van der Waals surface area contributed by atoms with E-state index in [0.717, 1.165) is 30.7 Å². The fraction of sp³-hybridized carbons (Fsp3) is 0.750. The lowest BCUT2D eigenvalue weighted by Crippen LogP contribution is -2.39. The topological polar surface area (TPSA) is 37.6 Å². The lowest BCUT2D eigenvalue weighted by molar-refractivity contribution is 0.0370. The smallest absolute Gasteiger partial charge is 0.129 e. The van der Waals surface area contributed by atoms with Gasteiger partial charge in [-0.2, -0.15) is 0 Å². The van der Waals surface area contributed by atoms with Gasteiger partial charge in [0.1, 0.15) is 18.1 Å². The van der Waals surface area contributed by atoms with Crippen molar-refractivity contribution in [1.29, 1.82) is 0 Å². The average Bonchev–Trinajstić information content (AvgIpc) is 3.18. The van der Waals surface area contributed by atoms with Crippen molar-refractivity contribution in [2.45, 2.75) is 57.3 Å². The second kappa shape index (κ2) is 6.74. The average molecular weight is 278 g/mol. The third-order valence-electron chi connectivity index (χ3n) is 4.34. The van der Waals surface area contributed by atoms with Crippen molar-refractivity contribution in [3.05, 3.63) is 23.7 Å². The summed E-state index contributed by atoms with van der Waals surface area (Å²) in [5.74, 6) is 1.96. The van der Waals surface area contributed by atoms with Crippen molar-refractivity contribution in [2.24, 2.45) is 0 Å². The summed E-state index contributed by atoms with van der Waals surface area (Å²) < 4.78 is 11.6. The quantitative estimate of drug-likeness (QED) is 0.831. The van der Waals surface area contributed by atoms with Gasteiger partial charge in [-0.1, -0.05) is 6.42 Å². The Labute approximate surface area is 121 Å². The summed E-state index contributed by atoms with van der Waals surface area (Å²) in [7, 11) is 2.20. The molecule has 0 spiro atoms. The first-order valence-electron chi connectivity index (χ1n) is 7.90. The lowest BCUT2D eigenvalue weighted by atomic mass is 10.0. The third-order valence-corrected chi connectivity index (χ3v) is 4.34. The molecular formula is C16H26N2O2. The predicted octanol–water partition coefficient (Wildman–Crippen LogP) is 2.53. The molecule has 4 heteroatoms. The molecule has 3 rings (SSSR count). The second-order valence-corrected chi connectivity index (χ2v) is 6.17. The summed E-state index contributed by atoms with van der Waals surface area (Å²) in [5, 5.41) is 3.46. The number of piperidine rings is 1. The Morgan fingerprint density at radius 2 is 2.10 bits per heavy atom. The first-order valence-corrected chi connectivity index (χ1v) is 7.90. The number of rotatable bonds is 7. The van der Waals surface area contributed by atoms with Gasteiger partial charge in [0.15, 0.2) is 0 Å². The number of furan rings is 1. The van der Waals surface area contributed by atoms with E-state index in [1.165, 1.54) is 38.6 Å². The molecule has 1 atom stereocenters. The molecule has 0 aromatic carbocycles. The van der Waals surface area contributed by atoms with Gasteiger partial charge in [-0.25, -0.2) is 0 Å². The Hall–Kier alpha value is -0.840. The molecule has 1 aromatic rings. The van der Waals surface area contributed by atoms with Crippen LogP contribution in [0.1, 0.15) is 43.6 Å². The first kappa shape index (κ1) is 14.1. The summed E-state index contributed by atoms with van der Waals surface area (Å²) in [5.41, 5.74) is 0. The fourth-order valence-corrected chi connectivity index (χ4v) is 2.78. The van der Waals surface area contributed by atoms with Crippen molar-refractivity contribution < 1.29 is 9.15 Å². The summed E-state index contributed by atoms with van der Waals surface area (Å²) >= 11 is 0. The van der Waals surface area contributed by atoms with Crippen LogP contribution in [0, 0.1) is 0 Å². The second-order valence-electron chi connectivity index (χ2n) is 6.17. The molecule has 1 saturated heterocycles. The predicted molar refractivity (Wildman–Crippen MR) is 78.5 cm³/mol. The van der Waals surface area contributed by atoms with Crippen LogP contribution < -0.4 is 5.32 Å². The Morgan fingerprint density at radius 1 is 1.25 bits per heavy atom. The van der Waals surface area contributed by atoms with Gasteiger partial charge in [-0.05, 0) is 51.4 Å². The maximum Gasteiger partial charge on any atom is 0.129 e. The summed E-state index contributed by atoms with van der Waals surface area (Å²) in [6.07, 6.45) is 6.53. The molecule has 2 heterocycles. The largest absolute Gasteiger partial charge is 0.462 e. The number of likely N-dealkylation sites (tertiary alicyclic amines) is 1. The normalized spacial score (nSPS) is 24.1. The molecule has 0 amide bonds. The van der Waals surface area contributed by atoms with Crippen molar-refractivity contribution in [1.82, 2.24) is 10.2 Å². The number of nitrogens with one attached hydrogen (secondary N) is 1. The van der Waals surface area contributed by atoms with Gasteiger partial charge >= 0.3 is 0 Å². The fourth-order valence-electron chi connectivity index (χ4n) is 2.78. The SMILES string of the molecule is CN1CCCCC1COCc1ccc(CNC2CC2)o1. The lowest BCUT2D eigenvalue weighted by Gasteiger charge is -2.32. The van der Waals surface area contributed by atoms with E-state index in [4.69, 9.17) is 9.15 Å². The Morgan fingerprint density at radius 3 is 2.90 bits per heavy atom. The van der Waals surface area contributed by atoms with Crippen LogP contribution in [-0.4, -0.2) is 37.2 Å². The zero-order valence-electron chi connectivity index (χ0n) is 12.4. The monoisotopic (exact) mass is 278 g/mol. The Bertz CT molecular complexity index is 414. The highest BCUT2D eigenvalue weighted by molar-refractivity contribution is 5.06. The van der Waals surface area contributed by atoms with Gasteiger partial charge in [0.25, 0.3) is 0 Å². The molecule has 0 radical (unpaired) electrons. The molecule has 0 bridgehead atoms. The molecule has 1 aromatic heterocycles. The third kappa shape index (κ3) is 4.08. The minimum atomic E-state index is 0.578. The minimum absolute atomic E-state index is 0.578. The zero-order chi connectivity index (χ0) is 13.8. The molecular weight excluding hydrogens is 252 g/mol. The van der Waals surface area contributed by atoms with Gasteiger partial charge < -0.3 is 19.4 Å². The van der Waals surface area contributed by atoms with Crippen molar-refractivity contribution in [3.8, 4) is 0 Å². The molecule has 20 heavy (non-hydrogen) atoms. The van der Waals surface area contributed by atoms with E-state index in [9.17, 15) is 0 Å². The maximum absolute atomic E-state index is 5.83. The van der Waals surface area contributed by atoms with E-state index < -0.39 is 0 Å². The molecule has 2 aliphatic rings. The van der Waals surface area contributed by atoms with E-state index >= 15 is 0 Å². The van der Waals surface area contributed by atoms with Crippen molar-refractivity contribution in [2.75, 3.05) is 20.2 Å². The minimum Gasteiger partial charge on any atom is -0.462 e. The first-order chi connectivity index (χ1) is 9.81. The maximum atomic E-state index is 5.83. The summed E-state index contributed by atoms with van der Waals surface area (Å²) in [6, 6.07) is 5.39. The van der Waals surface area contributed by atoms with E-state index in [0.29, 0.717) is 12.6 Å². The van der Waals surface area contributed by atoms with E-state index in [1.54, 1.807) is 0 Å². The summed E-state index contributed by atoms with van der Waals surface area (Å²) in [4.78, 5) is 2.41. The van der Waals surface area contributed by atoms with Crippen LogP contribution in [0.2, 0.25) is 0 Å². The Kier molecular flexibility index (Phi) is 4.76. The molecule has 1 aliphatic heterocycles. The molecule has 2 fully saturated rings. The van der Waals surface area contributed by atoms with Crippen LogP contribution in [0.4, 0.5) is 0 Å². The molecule has 1 unspecified atom stereocenters. The standard InChI is InChI=1S/C16H26N2O2/c1-18-9-3-2-4-14(18)11-19-12-16-8-7-15(20-16)10-17-13-5-6-13/h7-8,13-14,17H,2-6,9-12H2,1H3. The number of nitrogens with zero attached hydrogens (tertiary/aromatic N) is 1. The van der Waals surface area contributed by atoms with Crippen LogP contribution in [0.5, 0.6) is 0 Å². The van der Waals surface area contributed by atoms with Gasteiger partial charge in [0.05, 0.1) is 13.2 Å². The van der Waals surface area contributed by atoms with Crippen LogP contribution in [-0.2, 0) is 17.9 Å². The molecule has 1 N–H and O–H groups in total. The van der Waals surface area contributed by atoms with Crippen LogP contribution in [0.3, 0.4) is 0 Å². The Balaban J connectivity index is 1.37. The van der Waals surface area contributed by atoms with E-state index in [1.807, 2.05) is 6.07 Å². The van der Waals surface area contributed by atoms with Crippen LogP contribution in [0.25, 0.3) is 0 Å². The number of likely N-dealkylation sites (N-methyl/N-ethyl adjacent to an activating group) is 1. The summed E-state index contributed by atoms with van der Waals surface area (Å²) in [6.45, 7) is 3.45. The van der Waals surface area contributed by atoms with Crippen molar-refractivity contribution in [3.63, 3.8) is 0 Å². The number of ether oxygens (including phenoxy) is 1. The number of hydrogen-bond donors (Lipinski definition) is 1. The molecule has 112 valence electrons. The van der Waals surface area contributed by atoms with Crippen LogP contribution >= 0.6 is 0 Å². The molecule has 1 saturated carbocycles. The van der Waals surface area contributed by atoms with Crippen molar-refractivity contribution >= 4 is 0 Å². The van der Waals surface area contributed by atoms with Gasteiger partial charge in [0.2, 0.25) is 0 Å². The highest BCUT2D eigenvalue weighted by Gasteiger charge is 2.21. The molecule has 4 nitrogen and oxygen atoms in total. The van der Waals surface area contributed by atoms with Gasteiger partial charge in [0, 0.05) is 12.1 Å². The number of hydrogen-bond acceptors (Lipinski definition) is 4. The molecule has 1 aliphatic carbocycles. The van der Waals surface area contributed by atoms with Crippen LogP contribution in [0.15, 0.2) is 16.5 Å². The van der Waals surface area contributed by atoms with E-state index in [2.05, 4.69) is 23.3 Å². The van der Waals surface area contributed by atoms with E-state index in [-0.39, 0.29) is 0 Å². The van der Waals surface area contributed by atoms with Gasteiger partial charge in [-0.15, -0.1) is 0 Å². The van der Waals surface area contributed by atoms with Gasteiger partial charge in [-0.3, -0.25) is 0 Å². The highest BCUT2D eigenvalue weighted by Crippen LogP contribution is 2.20. The highest BCUT2D eigenvalue weighted by atomic mass is 16.5. The zero-order valence-corrected chi connectivity index (χ0v) is 12.4.